The third-order valence-electron chi connectivity index (χ3n) is 3.23. The molecule has 2 aromatic rings. The van der Waals surface area contributed by atoms with Crippen LogP contribution in [-0.4, -0.2) is 5.91 Å². The van der Waals surface area contributed by atoms with E-state index >= 15 is 0 Å². The van der Waals surface area contributed by atoms with Gasteiger partial charge < -0.3 is 5.73 Å². The standard InChI is InChI=1S/C17H19NO/c1-17(2,3)15-6-4-5-14(11-15)12-7-9-13(10-8-12)16(18)19/h4-11H,1-3H3,(H2,18,19). The maximum Gasteiger partial charge on any atom is 0.248 e. The van der Waals surface area contributed by atoms with Crippen LogP contribution in [0.1, 0.15) is 36.7 Å². The van der Waals surface area contributed by atoms with E-state index in [9.17, 15) is 4.79 Å². The first kappa shape index (κ1) is 13.3. The lowest BCUT2D eigenvalue weighted by atomic mass is 9.85. The van der Waals surface area contributed by atoms with Crippen LogP contribution in [0.5, 0.6) is 0 Å². The summed E-state index contributed by atoms with van der Waals surface area (Å²) in [6.45, 7) is 6.59. The monoisotopic (exact) mass is 253 g/mol. The Hall–Kier alpha value is -2.09. The second kappa shape index (κ2) is 4.88. The molecule has 0 aliphatic carbocycles. The van der Waals surface area contributed by atoms with Gasteiger partial charge in [0, 0.05) is 5.56 Å². The van der Waals surface area contributed by atoms with Gasteiger partial charge >= 0.3 is 0 Å². The van der Waals surface area contributed by atoms with Crippen LogP contribution in [0.2, 0.25) is 0 Å². The number of carbonyl (C=O) groups is 1. The maximum atomic E-state index is 11.1. The minimum absolute atomic E-state index is 0.128. The first-order valence-corrected chi connectivity index (χ1v) is 6.39. The van der Waals surface area contributed by atoms with Crippen molar-refractivity contribution in [2.45, 2.75) is 26.2 Å². The smallest absolute Gasteiger partial charge is 0.248 e. The highest BCUT2D eigenvalue weighted by atomic mass is 16.1. The van der Waals surface area contributed by atoms with Crippen molar-refractivity contribution >= 4 is 5.91 Å². The average molecular weight is 253 g/mol. The minimum Gasteiger partial charge on any atom is -0.366 e. The van der Waals surface area contributed by atoms with Crippen molar-refractivity contribution in [2.75, 3.05) is 0 Å². The number of benzene rings is 2. The van der Waals surface area contributed by atoms with Crippen LogP contribution < -0.4 is 5.73 Å². The van der Waals surface area contributed by atoms with Gasteiger partial charge in [0.05, 0.1) is 0 Å². The van der Waals surface area contributed by atoms with Gasteiger partial charge in [0.15, 0.2) is 0 Å². The molecule has 98 valence electrons. The zero-order valence-electron chi connectivity index (χ0n) is 11.6. The average Bonchev–Trinajstić information content (AvgIpc) is 2.38. The summed E-state index contributed by atoms with van der Waals surface area (Å²) in [6.07, 6.45) is 0. The van der Waals surface area contributed by atoms with Gasteiger partial charge in [-0.2, -0.15) is 0 Å². The molecule has 0 heterocycles. The van der Waals surface area contributed by atoms with E-state index in [0.717, 1.165) is 11.1 Å². The van der Waals surface area contributed by atoms with Crippen molar-refractivity contribution in [3.05, 3.63) is 59.7 Å². The Balaban J connectivity index is 2.39. The molecule has 0 bridgehead atoms. The SMILES string of the molecule is CC(C)(C)c1cccc(-c2ccc(C(N)=O)cc2)c1. The first-order chi connectivity index (χ1) is 8.88. The molecule has 0 saturated carbocycles. The van der Waals surface area contributed by atoms with E-state index in [1.165, 1.54) is 5.56 Å². The van der Waals surface area contributed by atoms with Crippen LogP contribution in [0.3, 0.4) is 0 Å². The second-order valence-electron chi connectivity index (χ2n) is 5.77. The highest BCUT2D eigenvalue weighted by molar-refractivity contribution is 5.93. The molecule has 0 fully saturated rings. The summed E-state index contributed by atoms with van der Waals surface area (Å²) >= 11 is 0. The molecule has 0 aromatic heterocycles. The van der Waals surface area contributed by atoms with Gasteiger partial charge in [-0.15, -0.1) is 0 Å². The predicted molar refractivity (Wildman–Crippen MR) is 79.1 cm³/mol. The lowest BCUT2D eigenvalue weighted by Gasteiger charge is -2.19. The maximum absolute atomic E-state index is 11.1. The second-order valence-corrected chi connectivity index (χ2v) is 5.77. The summed E-state index contributed by atoms with van der Waals surface area (Å²) < 4.78 is 0. The molecule has 0 saturated heterocycles. The summed E-state index contributed by atoms with van der Waals surface area (Å²) in [4.78, 5) is 11.1. The molecular formula is C17H19NO. The normalized spacial score (nSPS) is 11.3. The van der Waals surface area contributed by atoms with Crippen LogP contribution in [0.4, 0.5) is 0 Å². The summed E-state index contributed by atoms with van der Waals surface area (Å²) in [5, 5.41) is 0. The van der Waals surface area contributed by atoms with Crippen LogP contribution in [-0.2, 0) is 5.41 Å². The summed E-state index contributed by atoms with van der Waals surface area (Å²) in [5.41, 5.74) is 9.46. The van der Waals surface area contributed by atoms with Gasteiger partial charge in [0.25, 0.3) is 0 Å². The first-order valence-electron chi connectivity index (χ1n) is 6.39. The van der Waals surface area contributed by atoms with Gasteiger partial charge in [-0.3, -0.25) is 4.79 Å². The van der Waals surface area contributed by atoms with Gasteiger partial charge in [-0.25, -0.2) is 0 Å². The fourth-order valence-electron chi connectivity index (χ4n) is 1.99. The van der Waals surface area contributed by atoms with E-state index in [-0.39, 0.29) is 5.41 Å². The molecule has 2 nitrogen and oxygen atoms in total. The summed E-state index contributed by atoms with van der Waals surface area (Å²) in [7, 11) is 0. The molecule has 0 radical (unpaired) electrons. The lowest BCUT2D eigenvalue weighted by molar-refractivity contribution is 0.100. The van der Waals surface area contributed by atoms with E-state index < -0.39 is 5.91 Å². The van der Waals surface area contributed by atoms with Crippen LogP contribution in [0.25, 0.3) is 11.1 Å². The molecule has 0 spiro atoms. The Kier molecular flexibility index (Phi) is 3.43. The fraction of sp³-hybridized carbons (Fsp3) is 0.235. The predicted octanol–water partition coefficient (Wildman–Crippen LogP) is 3.75. The van der Waals surface area contributed by atoms with Crippen molar-refractivity contribution < 1.29 is 4.79 Å². The number of hydrogen-bond donors (Lipinski definition) is 1. The molecule has 2 aromatic carbocycles. The zero-order valence-corrected chi connectivity index (χ0v) is 11.6. The van der Waals surface area contributed by atoms with Crippen LogP contribution >= 0.6 is 0 Å². The number of nitrogens with two attached hydrogens (primary N) is 1. The molecule has 0 unspecified atom stereocenters. The van der Waals surface area contributed by atoms with Gasteiger partial charge in [0.2, 0.25) is 5.91 Å². The van der Waals surface area contributed by atoms with Crippen molar-refractivity contribution in [3.63, 3.8) is 0 Å². The van der Waals surface area contributed by atoms with E-state index in [2.05, 4.69) is 45.0 Å². The van der Waals surface area contributed by atoms with Crippen molar-refractivity contribution in [2.24, 2.45) is 5.73 Å². The van der Waals surface area contributed by atoms with Crippen molar-refractivity contribution in [1.82, 2.24) is 0 Å². The topological polar surface area (TPSA) is 43.1 Å². The van der Waals surface area contributed by atoms with E-state index in [4.69, 9.17) is 5.73 Å². The molecular weight excluding hydrogens is 234 g/mol. The molecule has 2 heteroatoms. The third-order valence-corrected chi connectivity index (χ3v) is 3.23. The highest BCUT2D eigenvalue weighted by Crippen LogP contribution is 2.27. The molecule has 1 amide bonds. The third kappa shape index (κ3) is 3.02. The Morgan fingerprint density at radius 3 is 2.11 bits per heavy atom. The number of hydrogen-bond acceptors (Lipinski definition) is 1. The summed E-state index contributed by atoms with van der Waals surface area (Å²) in [6, 6.07) is 15.9. The van der Waals surface area contributed by atoms with Gasteiger partial charge in [-0.05, 0) is 34.2 Å². The number of amides is 1. The lowest BCUT2D eigenvalue weighted by Crippen LogP contribution is -2.11. The summed E-state index contributed by atoms with van der Waals surface area (Å²) in [5.74, 6) is -0.394. The van der Waals surface area contributed by atoms with Crippen molar-refractivity contribution in [1.29, 1.82) is 0 Å². The number of primary amides is 1. The Labute approximate surface area is 114 Å². The van der Waals surface area contributed by atoms with E-state index in [1.807, 2.05) is 12.1 Å². The fourth-order valence-corrected chi connectivity index (χ4v) is 1.99. The molecule has 19 heavy (non-hydrogen) atoms. The molecule has 2 rings (SSSR count). The van der Waals surface area contributed by atoms with Crippen molar-refractivity contribution in [3.8, 4) is 11.1 Å². The van der Waals surface area contributed by atoms with Gasteiger partial charge in [-0.1, -0.05) is 57.2 Å². The van der Waals surface area contributed by atoms with Crippen LogP contribution in [0, 0.1) is 0 Å². The molecule has 0 atom stereocenters. The Morgan fingerprint density at radius 2 is 1.58 bits per heavy atom. The van der Waals surface area contributed by atoms with Crippen LogP contribution in [0.15, 0.2) is 48.5 Å². The molecule has 0 aliphatic rings. The number of carbonyl (C=O) groups excluding carboxylic acids is 1. The van der Waals surface area contributed by atoms with E-state index in [1.54, 1.807) is 12.1 Å². The highest BCUT2D eigenvalue weighted by Gasteiger charge is 2.13. The Bertz CT molecular complexity index is 591. The largest absolute Gasteiger partial charge is 0.366 e. The van der Waals surface area contributed by atoms with Gasteiger partial charge in [0.1, 0.15) is 0 Å². The zero-order chi connectivity index (χ0) is 14.0. The molecule has 0 aliphatic heterocycles. The molecule has 2 N–H and O–H groups in total. The Morgan fingerprint density at radius 1 is 0.947 bits per heavy atom. The number of rotatable bonds is 2. The minimum atomic E-state index is -0.394. The van der Waals surface area contributed by atoms with E-state index in [0.29, 0.717) is 5.56 Å². The quantitative estimate of drug-likeness (QED) is 0.870.